The number of benzene rings is 1. The van der Waals surface area contributed by atoms with Crippen molar-refractivity contribution in [2.75, 3.05) is 19.0 Å². The van der Waals surface area contributed by atoms with E-state index in [-0.39, 0.29) is 0 Å². The maximum Gasteiger partial charge on any atom is 0.126 e. The molecule has 0 amide bonds. The van der Waals surface area contributed by atoms with Gasteiger partial charge in [-0.15, -0.1) is 0 Å². The zero-order valence-electron chi connectivity index (χ0n) is 14.0. The third-order valence-corrected chi connectivity index (χ3v) is 4.51. The van der Waals surface area contributed by atoms with Crippen molar-refractivity contribution in [1.29, 1.82) is 0 Å². The quantitative estimate of drug-likeness (QED) is 0.859. The van der Waals surface area contributed by atoms with E-state index in [1.807, 2.05) is 0 Å². The van der Waals surface area contributed by atoms with Crippen molar-refractivity contribution in [3.63, 3.8) is 0 Å². The van der Waals surface area contributed by atoms with Crippen LogP contribution in [0, 0.1) is 13.8 Å². The lowest BCUT2D eigenvalue weighted by molar-refractivity contribution is 0.408. The van der Waals surface area contributed by atoms with Crippen molar-refractivity contribution in [1.82, 2.24) is 5.32 Å². The Morgan fingerprint density at radius 2 is 2.10 bits per heavy atom. The zero-order chi connectivity index (χ0) is 15.2. The lowest BCUT2D eigenvalue weighted by Gasteiger charge is -2.24. The Morgan fingerprint density at radius 1 is 1.29 bits per heavy atom. The molecule has 1 heterocycles. The summed E-state index contributed by atoms with van der Waals surface area (Å²) in [6, 6.07) is 5.42. The molecule has 1 aromatic carbocycles. The summed E-state index contributed by atoms with van der Waals surface area (Å²) in [7, 11) is 1.75. The fourth-order valence-electron chi connectivity index (χ4n) is 3.35. The molecule has 2 atom stereocenters. The molecule has 1 saturated heterocycles. The number of rotatable bonds is 5. The van der Waals surface area contributed by atoms with Gasteiger partial charge in [-0.05, 0) is 58.2 Å². The van der Waals surface area contributed by atoms with Gasteiger partial charge in [0.2, 0.25) is 0 Å². The number of ether oxygens (including phenoxy) is 1. The summed E-state index contributed by atoms with van der Waals surface area (Å²) in [5.41, 5.74) is 3.59. The molecule has 1 aromatic rings. The van der Waals surface area contributed by atoms with Crippen molar-refractivity contribution in [2.45, 2.75) is 65.0 Å². The van der Waals surface area contributed by atoms with E-state index in [0.717, 1.165) is 5.75 Å². The van der Waals surface area contributed by atoms with Crippen molar-refractivity contribution in [3.8, 4) is 5.75 Å². The molecule has 1 fully saturated rings. The summed E-state index contributed by atoms with van der Waals surface area (Å²) >= 11 is 0. The van der Waals surface area contributed by atoms with Crippen LogP contribution in [0.15, 0.2) is 12.1 Å². The molecule has 118 valence electrons. The summed E-state index contributed by atoms with van der Waals surface area (Å²) in [5, 5.41) is 7.34. The highest BCUT2D eigenvalue weighted by Crippen LogP contribution is 2.30. The fourth-order valence-corrected chi connectivity index (χ4v) is 3.35. The van der Waals surface area contributed by atoms with Crippen LogP contribution in [0.1, 0.15) is 50.2 Å². The summed E-state index contributed by atoms with van der Waals surface area (Å²) in [6.07, 6.45) is 6.55. The predicted molar refractivity (Wildman–Crippen MR) is 90.4 cm³/mol. The lowest BCUT2D eigenvalue weighted by atomic mass is 10.0. The van der Waals surface area contributed by atoms with Crippen molar-refractivity contribution >= 4 is 5.69 Å². The molecule has 0 bridgehead atoms. The molecule has 2 unspecified atom stereocenters. The average molecular weight is 290 g/mol. The monoisotopic (exact) mass is 290 g/mol. The van der Waals surface area contributed by atoms with E-state index in [2.05, 4.69) is 43.5 Å². The molecule has 0 saturated carbocycles. The second-order valence-electron chi connectivity index (χ2n) is 6.37. The topological polar surface area (TPSA) is 33.3 Å². The van der Waals surface area contributed by atoms with Gasteiger partial charge in [0.1, 0.15) is 5.75 Å². The molecule has 1 aliphatic rings. The fraction of sp³-hybridized carbons (Fsp3) is 0.667. The van der Waals surface area contributed by atoms with Gasteiger partial charge in [-0.3, -0.25) is 0 Å². The minimum Gasteiger partial charge on any atom is -0.496 e. The highest BCUT2D eigenvalue weighted by atomic mass is 16.5. The van der Waals surface area contributed by atoms with Crippen LogP contribution < -0.4 is 15.4 Å². The summed E-state index contributed by atoms with van der Waals surface area (Å²) in [6.45, 7) is 7.67. The summed E-state index contributed by atoms with van der Waals surface area (Å²) < 4.78 is 5.51. The Hall–Kier alpha value is -1.22. The molecule has 1 aliphatic heterocycles. The summed E-state index contributed by atoms with van der Waals surface area (Å²) in [5.74, 6) is 1.000. The highest BCUT2D eigenvalue weighted by molar-refractivity contribution is 5.60. The Bertz CT molecular complexity index is 451. The van der Waals surface area contributed by atoms with Gasteiger partial charge in [0.15, 0.2) is 0 Å². The van der Waals surface area contributed by atoms with E-state index >= 15 is 0 Å². The Labute approximate surface area is 129 Å². The number of aryl methyl sites for hydroxylation is 1. The number of hydrogen-bond donors (Lipinski definition) is 2. The van der Waals surface area contributed by atoms with Crippen LogP contribution in [-0.2, 0) is 0 Å². The minimum absolute atomic E-state index is 0.465. The second kappa shape index (κ2) is 7.69. The third kappa shape index (κ3) is 4.37. The Balaban J connectivity index is 1.97. The second-order valence-corrected chi connectivity index (χ2v) is 6.37. The van der Waals surface area contributed by atoms with Gasteiger partial charge >= 0.3 is 0 Å². The first-order chi connectivity index (χ1) is 10.1. The minimum atomic E-state index is 0.465. The van der Waals surface area contributed by atoms with Crippen LogP contribution in [0.25, 0.3) is 0 Å². The number of hydrogen-bond acceptors (Lipinski definition) is 3. The lowest BCUT2D eigenvalue weighted by Crippen LogP contribution is -2.33. The molecule has 2 N–H and O–H groups in total. The van der Waals surface area contributed by atoms with Crippen LogP contribution in [-0.4, -0.2) is 25.7 Å². The van der Waals surface area contributed by atoms with Crippen molar-refractivity contribution < 1.29 is 4.74 Å². The molecule has 21 heavy (non-hydrogen) atoms. The van der Waals surface area contributed by atoms with E-state index in [9.17, 15) is 0 Å². The normalized spacial score (nSPS) is 20.7. The van der Waals surface area contributed by atoms with E-state index in [1.54, 1.807) is 7.11 Å². The van der Waals surface area contributed by atoms with Gasteiger partial charge in [-0.25, -0.2) is 0 Å². The number of methoxy groups -OCH3 is 1. The maximum atomic E-state index is 5.51. The molecule has 2 rings (SSSR count). The molecule has 0 aromatic heterocycles. The van der Waals surface area contributed by atoms with Crippen molar-refractivity contribution in [3.05, 3.63) is 23.3 Å². The first-order valence-electron chi connectivity index (χ1n) is 8.26. The average Bonchev–Trinajstić information content (AvgIpc) is 2.71. The first-order valence-corrected chi connectivity index (χ1v) is 8.26. The maximum absolute atomic E-state index is 5.51. The molecule has 0 radical (unpaired) electrons. The van der Waals surface area contributed by atoms with Gasteiger partial charge in [-0.1, -0.05) is 18.9 Å². The SMILES string of the molecule is COc1c(C)ccc(NC(C)CC2CCCCCN2)c1C. The molecular weight excluding hydrogens is 260 g/mol. The van der Waals surface area contributed by atoms with Crippen LogP contribution in [0.2, 0.25) is 0 Å². The van der Waals surface area contributed by atoms with Gasteiger partial charge in [-0.2, -0.15) is 0 Å². The standard InChI is InChI=1S/C18H30N2O/c1-13-9-10-17(15(3)18(13)21-4)20-14(2)12-16-8-6-5-7-11-19-16/h9-10,14,16,19-20H,5-8,11-12H2,1-4H3. The number of anilines is 1. The smallest absolute Gasteiger partial charge is 0.126 e. The van der Waals surface area contributed by atoms with Gasteiger partial charge in [0, 0.05) is 23.3 Å². The molecule has 3 heteroatoms. The molecule has 0 aliphatic carbocycles. The molecule has 0 spiro atoms. The largest absolute Gasteiger partial charge is 0.496 e. The molecule has 3 nitrogen and oxygen atoms in total. The predicted octanol–water partition coefficient (Wildman–Crippen LogP) is 4.03. The van der Waals surface area contributed by atoms with Crippen molar-refractivity contribution in [2.24, 2.45) is 0 Å². The van der Waals surface area contributed by atoms with Gasteiger partial charge in [0.05, 0.1) is 7.11 Å². The van der Waals surface area contributed by atoms with E-state index in [4.69, 9.17) is 4.74 Å². The van der Waals surface area contributed by atoms with Crippen LogP contribution in [0.5, 0.6) is 5.75 Å². The first kappa shape index (κ1) is 16.2. The third-order valence-electron chi connectivity index (χ3n) is 4.51. The number of nitrogens with one attached hydrogen (secondary N) is 2. The highest BCUT2D eigenvalue weighted by Gasteiger charge is 2.16. The van der Waals surface area contributed by atoms with Gasteiger partial charge in [0.25, 0.3) is 0 Å². The molecular formula is C18H30N2O. The van der Waals surface area contributed by atoms with E-state index in [1.165, 1.54) is 55.5 Å². The Morgan fingerprint density at radius 3 is 2.86 bits per heavy atom. The van der Waals surface area contributed by atoms with Crippen LogP contribution in [0.3, 0.4) is 0 Å². The van der Waals surface area contributed by atoms with Gasteiger partial charge < -0.3 is 15.4 Å². The Kier molecular flexibility index (Phi) is 5.92. The zero-order valence-corrected chi connectivity index (χ0v) is 14.0. The van der Waals surface area contributed by atoms with E-state index < -0.39 is 0 Å². The van der Waals surface area contributed by atoms with Crippen LogP contribution >= 0.6 is 0 Å². The van der Waals surface area contributed by atoms with Crippen LogP contribution in [0.4, 0.5) is 5.69 Å². The summed E-state index contributed by atoms with van der Waals surface area (Å²) in [4.78, 5) is 0. The van der Waals surface area contributed by atoms with E-state index in [0.29, 0.717) is 12.1 Å².